The topological polar surface area (TPSA) is 17.1 Å². The Morgan fingerprint density at radius 1 is 0.964 bits per heavy atom. The summed E-state index contributed by atoms with van der Waals surface area (Å²) in [4.78, 5) is 12.4. The molecule has 1 saturated carbocycles. The molecule has 0 bridgehead atoms. The van der Waals surface area contributed by atoms with E-state index in [1.165, 1.54) is 25.7 Å². The molecule has 1 nitrogen and oxygen atoms in total. The van der Waals surface area contributed by atoms with Gasteiger partial charge in [-0.15, -0.1) is 0 Å². The van der Waals surface area contributed by atoms with E-state index in [-0.39, 0.29) is 11.6 Å². The summed E-state index contributed by atoms with van der Waals surface area (Å²) in [6.07, 6.45) is 7.21. The quantitative estimate of drug-likeness (QED) is 0.484. The van der Waals surface area contributed by atoms with Crippen molar-refractivity contribution >= 4 is 5.78 Å². The van der Waals surface area contributed by atoms with Gasteiger partial charge in [0, 0.05) is 11.0 Å². The lowest BCUT2D eigenvalue weighted by molar-refractivity contribution is 0.0858. The smallest absolute Gasteiger partial charge is 0.168 e. The van der Waals surface area contributed by atoms with Crippen molar-refractivity contribution in [3.63, 3.8) is 0 Å². The van der Waals surface area contributed by atoms with E-state index in [4.69, 9.17) is 0 Å². The second kappa shape index (κ2) is 8.59. The molecule has 2 heteroatoms. The van der Waals surface area contributed by atoms with E-state index in [0.29, 0.717) is 11.5 Å². The molecule has 28 heavy (non-hydrogen) atoms. The van der Waals surface area contributed by atoms with E-state index in [9.17, 15) is 9.18 Å². The minimum Gasteiger partial charge on any atom is -0.294 e. The van der Waals surface area contributed by atoms with Gasteiger partial charge in [0.2, 0.25) is 0 Å². The summed E-state index contributed by atoms with van der Waals surface area (Å²) in [5, 5.41) is 0. The molecule has 0 aliphatic heterocycles. The van der Waals surface area contributed by atoms with E-state index in [0.717, 1.165) is 35.4 Å². The molecule has 0 aromatic heterocycles. The van der Waals surface area contributed by atoms with Crippen LogP contribution < -0.4 is 0 Å². The molecule has 0 saturated heterocycles. The molecule has 2 aromatic rings. The van der Waals surface area contributed by atoms with Crippen molar-refractivity contribution in [2.75, 3.05) is 0 Å². The van der Waals surface area contributed by atoms with Crippen LogP contribution in [0.4, 0.5) is 4.39 Å². The highest BCUT2D eigenvalue weighted by atomic mass is 19.1. The molecular formula is C26H33FO. The summed E-state index contributed by atoms with van der Waals surface area (Å²) < 4.78 is 14.9. The van der Waals surface area contributed by atoms with Crippen molar-refractivity contribution in [3.8, 4) is 11.1 Å². The normalized spacial score (nSPS) is 20.2. The molecule has 1 fully saturated rings. The van der Waals surface area contributed by atoms with Crippen LogP contribution in [0.25, 0.3) is 11.1 Å². The zero-order valence-corrected chi connectivity index (χ0v) is 17.7. The average molecular weight is 381 g/mol. The van der Waals surface area contributed by atoms with Crippen LogP contribution in [0.2, 0.25) is 0 Å². The SMILES string of the molecule is CCCC1CCC(c2ccc(-c3ccc(C(=O)C(C)(C)C)cc3)cc2F)CC1. The maximum atomic E-state index is 14.9. The first-order valence-corrected chi connectivity index (χ1v) is 10.7. The number of carbonyl (C=O) groups is 1. The number of hydrogen-bond donors (Lipinski definition) is 0. The van der Waals surface area contributed by atoms with Gasteiger partial charge >= 0.3 is 0 Å². The zero-order chi connectivity index (χ0) is 20.3. The molecule has 150 valence electrons. The highest BCUT2D eigenvalue weighted by Gasteiger charge is 2.24. The molecule has 0 amide bonds. The molecular weight excluding hydrogens is 347 g/mol. The molecule has 1 aliphatic rings. The molecule has 2 aromatic carbocycles. The maximum absolute atomic E-state index is 14.9. The van der Waals surface area contributed by atoms with Crippen molar-refractivity contribution in [2.45, 2.75) is 72.1 Å². The Kier molecular flexibility index (Phi) is 6.37. The molecule has 0 radical (unpaired) electrons. The molecule has 0 atom stereocenters. The van der Waals surface area contributed by atoms with Gasteiger partial charge < -0.3 is 0 Å². The van der Waals surface area contributed by atoms with Gasteiger partial charge in [-0.1, -0.05) is 76.9 Å². The largest absolute Gasteiger partial charge is 0.294 e. The van der Waals surface area contributed by atoms with Gasteiger partial charge in [-0.3, -0.25) is 4.79 Å². The lowest BCUT2D eigenvalue weighted by atomic mass is 9.77. The van der Waals surface area contributed by atoms with Gasteiger partial charge in [0.1, 0.15) is 5.82 Å². The minimum atomic E-state index is -0.397. The molecule has 0 heterocycles. The summed E-state index contributed by atoms with van der Waals surface area (Å²) in [7, 11) is 0. The Balaban J connectivity index is 1.73. The fraction of sp³-hybridized carbons (Fsp3) is 0.500. The number of Topliss-reactive ketones (excluding diaryl/α,β-unsaturated/α-hetero) is 1. The summed E-state index contributed by atoms with van der Waals surface area (Å²) in [5.41, 5.74) is 3.00. The first kappa shape index (κ1) is 20.8. The van der Waals surface area contributed by atoms with Gasteiger partial charge in [0.15, 0.2) is 5.78 Å². The third-order valence-electron chi connectivity index (χ3n) is 6.15. The van der Waals surface area contributed by atoms with Crippen molar-refractivity contribution in [3.05, 3.63) is 59.4 Å². The Bertz CT molecular complexity index is 805. The lowest BCUT2D eigenvalue weighted by Gasteiger charge is -2.29. The zero-order valence-electron chi connectivity index (χ0n) is 17.7. The Labute approximate surface area is 169 Å². The number of benzene rings is 2. The summed E-state index contributed by atoms with van der Waals surface area (Å²) in [5.74, 6) is 1.22. The number of rotatable bonds is 5. The van der Waals surface area contributed by atoms with Gasteiger partial charge in [-0.2, -0.15) is 0 Å². The van der Waals surface area contributed by atoms with Crippen LogP contribution in [0.1, 0.15) is 88.1 Å². The molecule has 0 spiro atoms. The van der Waals surface area contributed by atoms with Gasteiger partial charge in [0.05, 0.1) is 0 Å². The number of halogens is 1. The van der Waals surface area contributed by atoms with Crippen LogP contribution in [0.15, 0.2) is 42.5 Å². The van der Waals surface area contributed by atoms with Crippen LogP contribution in [-0.4, -0.2) is 5.78 Å². The maximum Gasteiger partial charge on any atom is 0.168 e. The monoisotopic (exact) mass is 380 g/mol. The van der Waals surface area contributed by atoms with Crippen LogP contribution in [0.3, 0.4) is 0 Å². The molecule has 1 aliphatic carbocycles. The fourth-order valence-corrected chi connectivity index (χ4v) is 4.46. The predicted octanol–water partition coefficient (Wildman–Crippen LogP) is 7.80. The van der Waals surface area contributed by atoms with Crippen molar-refractivity contribution in [1.82, 2.24) is 0 Å². The van der Waals surface area contributed by atoms with Crippen LogP contribution in [0.5, 0.6) is 0 Å². The highest BCUT2D eigenvalue weighted by molar-refractivity contribution is 6.00. The van der Waals surface area contributed by atoms with E-state index < -0.39 is 5.41 Å². The van der Waals surface area contributed by atoms with Crippen LogP contribution in [0, 0.1) is 17.2 Å². The van der Waals surface area contributed by atoms with Crippen molar-refractivity contribution in [2.24, 2.45) is 11.3 Å². The Morgan fingerprint density at radius 3 is 2.11 bits per heavy atom. The Morgan fingerprint density at radius 2 is 1.57 bits per heavy atom. The summed E-state index contributed by atoms with van der Waals surface area (Å²) >= 11 is 0. The fourth-order valence-electron chi connectivity index (χ4n) is 4.46. The first-order chi connectivity index (χ1) is 13.3. The van der Waals surface area contributed by atoms with Crippen molar-refractivity contribution in [1.29, 1.82) is 0 Å². The minimum absolute atomic E-state index is 0.0914. The van der Waals surface area contributed by atoms with Crippen molar-refractivity contribution < 1.29 is 9.18 Å². The second-order valence-corrected chi connectivity index (χ2v) is 9.40. The highest BCUT2D eigenvalue weighted by Crippen LogP contribution is 2.39. The average Bonchev–Trinajstić information content (AvgIpc) is 2.68. The molecule has 3 rings (SSSR count). The van der Waals surface area contributed by atoms with E-state index in [1.54, 1.807) is 6.07 Å². The van der Waals surface area contributed by atoms with Gasteiger partial charge in [-0.25, -0.2) is 4.39 Å². The van der Waals surface area contributed by atoms with Gasteiger partial charge in [0.25, 0.3) is 0 Å². The summed E-state index contributed by atoms with van der Waals surface area (Å²) in [6.45, 7) is 8.02. The van der Waals surface area contributed by atoms with E-state index in [1.807, 2.05) is 57.2 Å². The van der Waals surface area contributed by atoms with Crippen LogP contribution >= 0.6 is 0 Å². The molecule has 0 unspecified atom stereocenters. The number of hydrogen-bond acceptors (Lipinski definition) is 1. The summed E-state index contributed by atoms with van der Waals surface area (Å²) in [6, 6.07) is 13.2. The molecule has 0 N–H and O–H groups in total. The Hall–Kier alpha value is -1.96. The number of ketones is 1. The standard InChI is InChI=1S/C26H33FO/c1-5-6-18-7-9-20(10-8-18)23-16-15-22(17-24(23)27)19-11-13-21(14-12-19)25(28)26(2,3)4/h11-18,20H,5-10H2,1-4H3. The lowest BCUT2D eigenvalue weighted by Crippen LogP contribution is -2.19. The van der Waals surface area contributed by atoms with E-state index in [2.05, 4.69) is 6.92 Å². The third kappa shape index (κ3) is 4.71. The third-order valence-corrected chi connectivity index (χ3v) is 6.15. The van der Waals surface area contributed by atoms with Crippen LogP contribution in [-0.2, 0) is 0 Å². The number of carbonyl (C=O) groups excluding carboxylic acids is 1. The second-order valence-electron chi connectivity index (χ2n) is 9.40. The van der Waals surface area contributed by atoms with Gasteiger partial charge in [-0.05, 0) is 60.3 Å². The van der Waals surface area contributed by atoms with E-state index >= 15 is 0 Å². The first-order valence-electron chi connectivity index (χ1n) is 10.7. The predicted molar refractivity (Wildman–Crippen MR) is 115 cm³/mol.